The van der Waals surface area contributed by atoms with E-state index in [2.05, 4.69) is 19.5 Å². The van der Waals surface area contributed by atoms with Gasteiger partial charge >= 0.3 is 0 Å². The third kappa shape index (κ3) is 3.98. The predicted molar refractivity (Wildman–Crippen MR) is 107 cm³/mol. The maximum absolute atomic E-state index is 12.6. The zero-order valence-corrected chi connectivity index (χ0v) is 16.1. The van der Waals surface area contributed by atoms with Crippen LogP contribution in [0, 0.1) is 12.8 Å². The summed E-state index contributed by atoms with van der Waals surface area (Å²) in [6.07, 6.45) is 6.53. The third-order valence-corrected chi connectivity index (χ3v) is 5.59. The number of carbonyl (C=O) groups is 1. The number of benzene rings is 1. The van der Waals surface area contributed by atoms with Gasteiger partial charge in [0.05, 0.1) is 11.0 Å². The van der Waals surface area contributed by atoms with Crippen molar-refractivity contribution in [1.29, 1.82) is 0 Å². The Balaban J connectivity index is 1.31. The van der Waals surface area contributed by atoms with Gasteiger partial charge in [0.2, 0.25) is 5.91 Å². The quantitative estimate of drug-likeness (QED) is 0.737. The van der Waals surface area contributed by atoms with Gasteiger partial charge < -0.3 is 14.5 Å². The average molecular weight is 379 g/mol. The third-order valence-electron chi connectivity index (χ3n) is 5.59. The lowest BCUT2D eigenvalue weighted by Crippen LogP contribution is -2.39. The summed E-state index contributed by atoms with van der Waals surface area (Å²) in [5.74, 6) is 1.71. The molecule has 1 aromatic carbocycles. The molecule has 7 heteroatoms. The number of carbonyl (C=O) groups excluding carboxylic acids is 1. The van der Waals surface area contributed by atoms with E-state index in [1.807, 2.05) is 48.5 Å². The Kier molecular flexibility index (Phi) is 5.23. The van der Waals surface area contributed by atoms with Gasteiger partial charge in [-0.25, -0.2) is 9.97 Å². The molecule has 2 aromatic heterocycles. The summed E-state index contributed by atoms with van der Waals surface area (Å²) in [7, 11) is 0. The van der Waals surface area contributed by atoms with Crippen LogP contribution in [0.5, 0.6) is 0 Å². The van der Waals surface area contributed by atoms with Crippen molar-refractivity contribution in [1.82, 2.24) is 24.4 Å². The molecule has 7 nitrogen and oxygen atoms in total. The van der Waals surface area contributed by atoms with Crippen LogP contribution in [0.15, 0.2) is 41.5 Å². The molecule has 3 heterocycles. The Morgan fingerprint density at radius 3 is 2.79 bits per heavy atom. The number of fused-ring (bicyclic) bond motifs is 1. The lowest BCUT2D eigenvalue weighted by molar-refractivity contribution is -0.132. The van der Waals surface area contributed by atoms with E-state index < -0.39 is 0 Å². The van der Waals surface area contributed by atoms with E-state index in [1.54, 1.807) is 0 Å². The molecule has 0 radical (unpaired) electrons. The Bertz CT molecular complexity index is 1030. The second-order valence-corrected chi connectivity index (χ2v) is 7.48. The van der Waals surface area contributed by atoms with Crippen LogP contribution >= 0.6 is 0 Å². The maximum atomic E-state index is 12.6. The Morgan fingerprint density at radius 2 is 2.04 bits per heavy atom. The van der Waals surface area contributed by atoms with Gasteiger partial charge in [-0.15, -0.1) is 0 Å². The van der Waals surface area contributed by atoms with E-state index >= 15 is 0 Å². The molecule has 4 rings (SSSR count). The number of rotatable bonds is 5. The van der Waals surface area contributed by atoms with E-state index in [4.69, 9.17) is 0 Å². The number of nitrogens with zero attached hydrogens (tertiary/aromatic N) is 4. The molecular formula is C21H25N5O2. The normalized spacial score (nSPS) is 15.2. The van der Waals surface area contributed by atoms with Crippen LogP contribution in [0.1, 0.15) is 30.8 Å². The SMILES string of the molecule is Cc1nccn1CC1CCN(C(=O)CCc2nc3ccccc3[nH]c2=O)CC1. The molecule has 0 spiro atoms. The van der Waals surface area contributed by atoms with Gasteiger partial charge in [0.15, 0.2) is 0 Å². The van der Waals surface area contributed by atoms with Crippen molar-refractivity contribution in [3.8, 4) is 0 Å². The number of nitrogens with one attached hydrogen (secondary N) is 1. The standard InChI is InChI=1S/C21H25N5O2/c1-15-22-10-13-26(15)14-16-8-11-25(12-9-16)20(27)7-6-19-21(28)24-18-5-3-2-4-17(18)23-19/h2-5,10,13,16H,6-9,11-12,14H2,1H3,(H,24,28). The zero-order valence-electron chi connectivity index (χ0n) is 16.1. The van der Waals surface area contributed by atoms with Crippen LogP contribution in [0.2, 0.25) is 0 Å². The molecular weight excluding hydrogens is 354 g/mol. The Hall–Kier alpha value is -2.96. The van der Waals surface area contributed by atoms with Crippen molar-refractivity contribution in [3.63, 3.8) is 0 Å². The second kappa shape index (κ2) is 7.96. The van der Waals surface area contributed by atoms with E-state index in [0.29, 0.717) is 24.5 Å². The smallest absolute Gasteiger partial charge is 0.270 e. The lowest BCUT2D eigenvalue weighted by Gasteiger charge is -2.32. The fourth-order valence-corrected chi connectivity index (χ4v) is 3.86. The molecule has 146 valence electrons. The predicted octanol–water partition coefficient (Wildman–Crippen LogP) is 2.30. The van der Waals surface area contributed by atoms with Gasteiger partial charge in [-0.2, -0.15) is 0 Å². The fraction of sp³-hybridized carbons (Fsp3) is 0.429. The van der Waals surface area contributed by atoms with Crippen LogP contribution in [0.4, 0.5) is 0 Å². The zero-order chi connectivity index (χ0) is 19.5. The molecule has 3 aromatic rings. The number of hydrogen-bond donors (Lipinski definition) is 1. The largest absolute Gasteiger partial charge is 0.343 e. The molecule has 1 saturated heterocycles. The number of aromatic amines is 1. The number of imidazole rings is 1. The highest BCUT2D eigenvalue weighted by Crippen LogP contribution is 2.20. The molecule has 1 fully saturated rings. The molecule has 1 aliphatic heterocycles. The highest BCUT2D eigenvalue weighted by Gasteiger charge is 2.23. The summed E-state index contributed by atoms with van der Waals surface area (Å²) in [5, 5.41) is 0. The maximum Gasteiger partial charge on any atom is 0.270 e. The van der Waals surface area contributed by atoms with Gasteiger partial charge in [-0.3, -0.25) is 9.59 Å². The summed E-state index contributed by atoms with van der Waals surface area (Å²) in [5.41, 5.74) is 1.69. The van der Waals surface area contributed by atoms with Crippen molar-refractivity contribution >= 4 is 16.9 Å². The average Bonchev–Trinajstić information content (AvgIpc) is 3.11. The summed E-state index contributed by atoms with van der Waals surface area (Å²) in [6, 6.07) is 7.44. The van der Waals surface area contributed by atoms with Crippen LogP contribution < -0.4 is 5.56 Å². The highest BCUT2D eigenvalue weighted by atomic mass is 16.2. The molecule has 0 bridgehead atoms. The Morgan fingerprint density at radius 1 is 1.25 bits per heavy atom. The number of hydrogen-bond acceptors (Lipinski definition) is 4. The van der Waals surface area contributed by atoms with Gasteiger partial charge in [-0.1, -0.05) is 12.1 Å². The Labute approximate surface area is 163 Å². The molecule has 1 amide bonds. The van der Waals surface area contributed by atoms with Crippen LogP contribution in [-0.4, -0.2) is 43.4 Å². The minimum absolute atomic E-state index is 0.103. The van der Waals surface area contributed by atoms with Crippen LogP contribution in [-0.2, 0) is 17.8 Å². The number of aromatic nitrogens is 4. The second-order valence-electron chi connectivity index (χ2n) is 7.48. The number of H-pyrrole nitrogens is 1. The van der Waals surface area contributed by atoms with E-state index in [1.165, 1.54) is 0 Å². The van der Waals surface area contributed by atoms with Crippen molar-refractivity contribution in [2.75, 3.05) is 13.1 Å². The first-order valence-electron chi connectivity index (χ1n) is 9.83. The topological polar surface area (TPSA) is 83.9 Å². The van der Waals surface area contributed by atoms with Gasteiger partial charge in [-0.05, 0) is 37.8 Å². The van der Waals surface area contributed by atoms with E-state index in [0.717, 1.165) is 49.3 Å². The first-order valence-corrected chi connectivity index (χ1v) is 9.83. The summed E-state index contributed by atoms with van der Waals surface area (Å²) in [4.78, 5) is 38.3. The van der Waals surface area contributed by atoms with Crippen molar-refractivity contribution in [3.05, 3.63) is 58.5 Å². The minimum Gasteiger partial charge on any atom is -0.343 e. The highest BCUT2D eigenvalue weighted by molar-refractivity contribution is 5.77. The molecule has 0 unspecified atom stereocenters. The first kappa shape index (κ1) is 18.4. The monoisotopic (exact) mass is 379 g/mol. The van der Waals surface area contributed by atoms with Crippen LogP contribution in [0.25, 0.3) is 11.0 Å². The summed E-state index contributed by atoms with van der Waals surface area (Å²) >= 11 is 0. The van der Waals surface area contributed by atoms with Crippen LogP contribution in [0.3, 0.4) is 0 Å². The van der Waals surface area contributed by atoms with E-state index in [-0.39, 0.29) is 11.5 Å². The number of aryl methyl sites for hydroxylation is 2. The summed E-state index contributed by atoms with van der Waals surface area (Å²) < 4.78 is 2.18. The van der Waals surface area contributed by atoms with Crippen molar-refractivity contribution in [2.45, 2.75) is 39.2 Å². The fourth-order valence-electron chi connectivity index (χ4n) is 3.86. The summed E-state index contributed by atoms with van der Waals surface area (Å²) in [6.45, 7) is 4.53. The molecule has 1 aliphatic rings. The van der Waals surface area contributed by atoms with E-state index in [9.17, 15) is 9.59 Å². The van der Waals surface area contributed by atoms with Gasteiger partial charge in [0, 0.05) is 44.9 Å². The van der Waals surface area contributed by atoms with Gasteiger partial charge in [0.25, 0.3) is 5.56 Å². The number of piperidine rings is 1. The van der Waals surface area contributed by atoms with Crippen molar-refractivity contribution in [2.24, 2.45) is 5.92 Å². The molecule has 0 saturated carbocycles. The van der Waals surface area contributed by atoms with Gasteiger partial charge in [0.1, 0.15) is 11.5 Å². The number of amides is 1. The first-order chi connectivity index (χ1) is 13.6. The minimum atomic E-state index is -0.207. The number of para-hydroxylation sites is 2. The number of likely N-dealkylation sites (tertiary alicyclic amines) is 1. The van der Waals surface area contributed by atoms with Crippen molar-refractivity contribution < 1.29 is 4.79 Å². The lowest BCUT2D eigenvalue weighted by atomic mass is 9.96. The molecule has 28 heavy (non-hydrogen) atoms. The molecule has 0 aliphatic carbocycles. The molecule has 0 atom stereocenters. The molecule has 1 N–H and O–H groups in total.